The first-order valence-corrected chi connectivity index (χ1v) is 6.99. The summed E-state index contributed by atoms with van der Waals surface area (Å²) in [5.41, 5.74) is 6.69. The molecular formula is C16H21N3O. The van der Waals surface area contributed by atoms with Crippen LogP contribution in [0.3, 0.4) is 0 Å². The third kappa shape index (κ3) is 3.37. The van der Waals surface area contributed by atoms with Gasteiger partial charge in [0.15, 0.2) is 0 Å². The number of nitrogens with zero attached hydrogens (tertiary/aromatic N) is 1. The van der Waals surface area contributed by atoms with Crippen LogP contribution in [-0.4, -0.2) is 23.5 Å². The zero-order chi connectivity index (χ0) is 14.6. The van der Waals surface area contributed by atoms with E-state index in [2.05, 4.69) is 36.0 Å². The highest BCUT2D eigenvalue weighted by atomic mass is 16.1. The highest BCUT2D eigenvalue weighted by Crippen LogP contribution is 2.37. The number of carbonyl (C=O) groups excluding carboxylic acids is 1. The molecule has 0 spiro atoms. The molecular weight excluding hydrogens is 250 g/mol. The van der Waals surface area contributed by atoms with Crippen molar-refractivity contribution in [2.75, 3.05) is 6.54 Å². The van der Waals surface area contributed by atoms with Crippen molar-refractivity contribution in [2.24, 2.45) is 11.1 Å². The van der Waals surface area contributed by atoms with Crippen LogP contribution in [0, 0.1) is 17.3 Å². The summed E-state index contributed by atoms with van der Waals surface area (Å²) < 4.78 is 0. The molecule has 1 aromatic heterocycles. The van der Waals surface area contributed by atoms with Crippen LogP contribution in [-0.2, 0) is 0 Å². The van der Waals surface area contributed by atoms with Gasteiger partial charge in [0.2, 0.25) is 0 Å². The van der Waals surface area contributed by atoms with Crippen LogP contribution in [0.1, 0.15) is 49.2 Å². The highest BCUT2D eigenvalue weighted by Gasteiger charge is 2.35. The monoisotopic (exact) mass is 271 g/mol. The van der Waals surface area contributed by atoms with Crippen LogP contribution in [0.15, 0.2) is 18.3 Å². The maximum absolute atomic E-state index is 12.2. The molecule has 1 amide bonds. The average Bonchev–Trinajstić information content (AvgIpc) is 2.76. The van der Waals surface area contributed by atoms with Gasteiger partial charge in [-0.25, -0.2) is 4.98 Å². The summed E-state index contributed by atoms with van der Waals surface area (Å²) in [5, 5.41) is 3.09. The molecule has 1 saturated carbocycles. The fourth-order valence-corrected chi connectivity index (χ4v) is 2.58. The Kier molecular flexibility index (Phi) is 4.41. The molecule has 0 aliphatic heterocycles. The minimum atomic E-state index is -0.108. The normalized spacial score (nSPS) is 20.1. The molecule has 1 aliphatic carbocycles. The Hall–Kier alpha value is -1.86. The molecule has 0 aromatic carbocycles. The lowest BCUT2D eigenvalue weighted by Crippen LogP contribution is -2.41. The van der Waals surface area contributed by atoms with Crippen molar-refractivity contribution in [1.29, 1.82) is 0 Å². The molecule has 1 aromatic rings. The number of aromatic nitrogens is 1. The molecule has 1 fully saturated rings. The molecule has 106 valence electrons. The first-order chi connectivity index (χ1) is 9.53. The summed E-state index contributed by atoms with van der Waals surface area (Å²) in [6.45, 7) is 4.72. The van der Waals surface area contributed by atoms with E-state index in [9.17, 15) is 4.79 Å². The molecule has 1 heterocycles. The molecule has 0 saturated heterocycles. The lowest BCUT2D eigenvalue weighted by Gasteiger charge is -2.27. The SMILES string of the molecule is CC1(C)CCCC1NC(=O)c1ccc(C#CCN)cn1. The second-order valence-corrected chi connectivity index (χ2v) is 5.84. The standard InChI is InChI=1S/C16H21N3O/c1-16(2)9-3-6-14(16)19-15(20)13-8-7-12(11-18-13)5-4-10-17/h7-8,11,14H,3,6,9-10,17H2,1-2H3,(H,19,20). The minimum Gasteiger partial charge on any atom is -0.347 e. The maximum atomic E-state index is 12.2. The predicted octanol–water partition coefficient (Wildman–Crippen LogP) is 1.70. The Balaban J connectivity index is 2.02. The van der Waals surface area contributed by atoms with Crippen LogP contribution in [0.5, 0.6) is 0 Å². The van der Waals surface area contributed by atoms with Crippen LogP contribution in [0.25, 0.3) is 0 Å². The van der Waals surface area contributed by atoms with E-state index in [1.165, 1.54) is 6.42 Å². The van der Waals surface area contributed by atoms with Crippen molar-refractivity contribution >= 4 is 5.91 Å². The van der Waals surface area contributed by atoms with Gasteiger partial charge in [0.05, 0.1) is 6.54 Å². The summed E-state index contributed by atoms with van der Waals surface area (Å²) >= 11 is 0. The topological polar surface area (TPSA) is 68.0 Å². The molecule has 3 N–H and O–H groups in total. The fourth-order valence-electron chi connectivity index (χ4n) is 2.58. The van der Waals surface area contributed by atoms with E-state index >= 15 is 0 Å². The van der Waals surface area contributed by atoms with Gasteiger partial charge in [0.25, 0.3) is 5.91 Å². The van der Waals surface area contributed by atoms with Crippen molar-refractivity contribution in [2.45, 2.75) is 39.2 Å². The van der Waals surface area contributed by atoms with Gasteiger partial charge in [-0.3, -0.25) is 4.79 Å². The molecule has 20 heavy (non-hydrogen) atoms. The number of pyridine rings is 1. The second-order valence-electron chi connectivity index (χ2n) is 5.84. The van der Waals surface area contributed by atoms with Crippen molar-refractivity contribution in [3.8, 4) is 11.8 Å². The molecule has 1 unspecified atom stereocenters. The van der Waals surface area contributed by atoms with Gasteiger partial charge in [-0.1, -0.05) is 32.1 Å². The molecule has 1 aliphatic rings. The minimum absolute atomic E-state index is 0.108. The summed E-state index contributed by atoms with van der Waals surface area (Å²) in [7, 11) is 0. The Morgan fingerprint density at radius 3 is 2.90 bits per heavy atom. The van der Waals surface area contributed by atoms with Crippen LogP contribution >= 0.6 is 0 Å². The summed E-state index contributed by atoms with van der Waals surface area (Å²) in [6, 6.07) is 3.73. The number of carbonyl (C=O) groups is 1. The van der Waals surface area contributed by atoms with E-state index < -0.39 is 0 Å². The molecule has 2 rings (SSSR count). The van der Waals surface area contributed by atoms with Crippen LogP contribution in [0.4, 0.5) is 0 Å². The predicted molar refractivity (Wildman–Crippen MR) is 79.1 cm³/mol. The molecule has 4 heteroatoms. The summed E-state index contributed by atoms with van der Waals surface area (Å²) in [6.07, 6.45) is 4.97. The first-order valence-electron chi connectivity index (χ1n) is 6.99. The summed E-state index contributed by atoms with van der Waals surface area (Å²) in [4.78, 5) is 16.4. The molecule has 1 atom stereocenters. The van der Waals surface area contributed by atoms with E-state index in [0.29, 0.717) is 12.2 Å². The third-order valence-corrected chi connectivity index (χ3v) is 3.89. The van der Waals surface area contributed by atoms with E-state index in [1.54, 1.807) is 18.3 Å². The number of nitrogens with two attached hydrogens (primary N) is 1. The average molecular weight is 271 g/mol. The van der Waals surface area contributed by atoms with Gasteiger partial charge in [0, 0.05) is 17.8 Å². The second kappa shape index (κ2) is 6.06. The van der Waals surface area contributed by atoms with Crippen LogP contribution in [0.2, 0.25) is 0 Å². The Morgan fingerprint density at radius 1 is 1.55 bits per heavy atom. The number of amides is 1. The van der Waals surface area contributed by atoms with Gasteiger partial charge in [-0.15, -0.1) is 0 Å². The smallest absolute Gasteiger partial charge is 0.270 e. The molecule has 4 nitrogen and oxygen atoms in total. The van der Waals surface area contributed by atoms with Gasteiger partial charge >= 0.3 is 0 Å². The highest BCUT2D eigenvalue weighted by molar-refractivity contribution is 5.92. The largest absolute Gasteiger partial charge is 0.347 e. The maximum Gasteiger partial charge on any atom is 0.270 e. The van der Waals surface area contributed by atoms with Crippen molar-refractivity contribution < 1.29 is 4.79 Å². The third-order valence-electron chi connectivity index (χ3n) is 3.89. The van der Waals surface area contributed by atoms with E-state index in [0.717, 1.165) is 18.4 Å². The van der Waals surface area contributed by atoms with Crippen molar-refractivity contribution in [3.63, 3.8) is 0 Å². The van der Waals surface area contributed by atoms with Crippen molar-refractivity contribution in [1.82, 2.24) is 10.3 Å². The van der Waals surface area contributed by atoms with Crippen LogP contribution < -0.4 is 11.1 Å². The number of rotatable bonds is 2. The van der Waals surface area contributed by atoms with Gasteiger partial charge in [0.1, 0.15) is 5.69 Å². The van der Waals surface area contributed by atoms with Gasteiger partial charge < -0.3 is 11.1 Å². The number of nitrogens with one attached hydrogen (secondary N) is 1. The van der Waals surface area contributed by atoms with Gasteiger partial charge in [-0.2, -0.15) is 0 Å². The Bertz CT molecular complexity index is 537. The molecule has 0 radical (unpaired) electrons. The zero-order valence-electron chi connectivity index (χ0n) is 12.1. The van der Waals surface area contributed by atoms with E-state index in [1.807, 2.05) is 0 Å². The first kappa shape index (κ1) is 14.5. The molecule has 0 bridgehead atoms. The van der Waals surface area contributed by atoms with Gasteiger partial charge in [-0.05, 0) is 30.4 Å². The number of hydrogen-bond acceptors (Lipinski definition) is 3. The summed E-state index contributed by atoms with van der Waals surface area (Å²) in [5.74, 6) is 5.54. The fraction of sp³-hybridized carbons (Fsp3) is 0.500. The zero-order valence-corrected chi connectivity index (χ0v) is 12.1. The lowest BCUT2D eigenvalue weighted by atomic mass is 9.87. The van der Waals surface area contributed by atoms with Crippen molar-refractivity contribution in [3.05, 3.63) is 29.6 Å². The lowest BCUT2D eigenvalue weighted by molar-refractivity contribution is 0.0905. The van der Waals surface area contributed by atoms with E-state index in [-0.39, 0.29) is 17.4 Å². The number of hydrogen-bond donors (Lipinski definition) is 2. The Morgan fingerprint density at radius 2 is 2.35 bits per heavy atom. The quantitative estimate of drug-likeness (QED) is 0.804. The van der Waals surface area contributed by atoms with E-state index in [4.69, 9.17) is 5.73 Å². The Labute approximate surface area is 120 Å².